The molecule has 0 saturated carbocycles. The zero-order valence-corrected chi connectivity index (χ0v) is 12.7. The van der Waals surface area contributed by atoms with Gasteiger partial charge in [0.2, 0.25) is 0 Å². The summed E-state index contributed by atoms with van der Waals surface area (Å²) in [7, 11) is 2.02. The average molecular weight is 295 g/mol. The quantitative estimate of drug-likeness (QED) is 0.585. The summed E-state index contributed by atoms with van der Waals surface area (Å²) in [5.74, 6) is 1.89. The van der Waals surface area contributed by atoms with Crippen molar-refractivity contribution in [3.8, 4) is 11.4 Å². The molecule has 3 rings (SSSR count). The number of nitrogen functional groups attached to an aromatic ring is 1. The number of imidazole rings is 1. The largest absolute Gasteiger partial charge is 0.399 e. The molecule has 4 heteroatoms. The van der Waals surface area contributed by atoms with Crippen LogP contribution in [0.15, 0.2) is 65.8 Å². The summed E-state index contributed by atoms with van der Waals surface area (Å²) < 4.78 is 2.04. The number of rotatable bonds is 4. The molecule has 21 heavy (non-hydrogen) atoms. The van der Waals surface area contributed by atoms with Crippen LogP contribution < -0.4 is 5.73 Å². The first-order chi connectivity index (χ1) is 10.2. The van der Waals surface area contributed by atoms with Gasteiger partial charge in [-0.25, -0.2) is 4.98 Å². The molecule has 0 fully saturated rings. The van der Waals surface area contributed by atoms with Gasteiger partial charge in [0.1, 0.15) is 5.82 Å². The third-order valence-electron chi connectivity index (χ3n) is 3.29. The Balaban J connectivity index is 1.85. The van der Waals surface area contributed by atoms with Crippen molar-refractivity contribution in [1.82, 2.24) is 9.55 Å². The Hall–Kier alpha value is -2.20. The SMILES string of the molecule is Cn1ccnc1-c1ccccc1SCc1cccc(N)c1. The Morgan fingerprint density at radius 2 is 2.00 bits per heavy atom. The second-order valence-corrected chi connectivity index (χ2v) is 5.91. The van der Waals surface area contributed by atoms with Gasteiger partial charge in [-0.3, -0.25) is 0 Å². The molecule has 2 N–H and O–H groups in total. The topological polar surface area (TPSA) is 43.8 Å². The van der Waals surface area contributed by atoms with Gasteiger partial charge in [0.05, 0.1) is 0 Å². The Bertz CT molecular complexity index is 749. The molecule has 106 valence electrons. The molecule has 0 radical (unpaired) electrons. The molecule has 0 aliphatic carbocycles. The van der Waals surface area contributed by atoms with Gasteiger partial charge in [-0.15, -0.1) is 11.8 Å². The number of aromatic nitrogens is 2. The Kier molecular flexibility index (Phi) is 3.97. The van der Waals surface area contributed by atoms with Crippen molar-refractivity contribution in [3.63, 3.8) is 0 Å². The molecule has 3 aromatic rings. The van der Waals surface area contributed by atoms with Crippen molar-refractivity contribution in [2.75, 3.05) is 5.73 Å². The minimum Gasteiger partial charge on any atom is -0.399 e. The lowest BCUT2D eigenvalue weighted by Crippen LogP contribution is -1.93. The van der Waals surface area contributed by atoms with Crippen LogP contribution in [0.4, 0.5) is 5.69 Å². The molecule has 1 aromatic heterocycles. The van der Waals surface area contributed by atoms with Gasteiger partial charge in [-0.2, -0.15) is 0 Å². The standard InChI is InChI=1S/C17H17N3S/c1-20-10-9-19-17(20)15-7-2-3-8-16(15)21-12-13-5-4-6-14(18)11-13/h2-11H,12,18H2,1H3. The van der Waals surface area contributed by atoms with Crippen LogP contribution >= 0.6 is 11.8 Å². The first-order valence-corrected chi connectivity index (χ1v) is 7.76. The highest BCUT2D eigenvalue weighted by Gasteiger charge is 2.09. The molecule has 0 aliphatic heterocycles. The van der Waals surface area contributed by atoms with Crippen LogP contribution in [-0.4, -0.2) is 9.55 Å². The smallest absolute Gasteiger partial charge is 0.140 e. The van der Waals surface area contributed by atoms with E-state index >= 15 is 0 Å². The second kappa shape index (κ2) is 6.06. The Morgan fingerprint density at radius 3 is 2.76 bits per heavy atom. The van der Waals surface area contributed by atoms with Crippen molar-refractivity contribution < 1.29 is 0 Å². The summed E-state index contributed by atoms with van der Waals surface area (Å²) in [6.45, 7) is 0. The number of nitrogens with two attached hydrogens (primary N) is 1. The van der Waals surface area contributed by atoms with Crippen LogP contribution in [0.25, 0.3) is 11.4 Å². The van der Waals surface area contributed by atoms with E-state index in [1.807, 2.05) is 42.2 Å². The summed E-state index contributed by atoms with van der Waals surface area (Å²) >= 11 is 1.81. The molecule has 0 spiro atoms. The van der Waals surface area contributed by atoms with E-state index in [0.29, 0.717) is 0 Å². The van der Waals surface area contributed by atoms with Gasteiger partial charge in [-0.05, 0) is 23.8 Å². The molecule has 0 atom stereocenters. The van der Waals surface area contributed by atoms with Gasteiger partial charge in [0.25, 0.3) is 0 Å². The van der Waals surface area contributed by atoms with Gasteiger partial charge in [-0.1, -0.05) is 30.3 Å². The highest BCUT2D eigenvalue weighted by molar-refractivity contribution is 7.98. The lowest BCUT2D eigenvalue weighted by molar-refractivity contribution is 0.921. The van der Waals surface area contributed by atoms with E-state index in [1.54, 1.807) is 11.8 Å². The molecule has 0 saturated heterocycles. The zero-order chi connectivity index (χ0) is 14.7. The van der Waals surface area contributed by atoms with Crippen molar-refractivity contribution in [2.45, 2.75) is 10.6 Å². The monoisotopic (exact) mass is 295 g/mol. The van der Waals surface area contributed by atoms with E-state index in [9.17, 15) is 0 Å². The van der Waals surface area contributed by atoms with Crippen molar-refractivity contribution in [2.24, 2.45) is 7.05 Å². The van der Waals surface area contributed by atoms with Crippen LogP contribution in [0.3, 0.4) is 0 Å². The average Bonchev–Trinajstić information content (AvgIpc) is 2.91. The van der Waals surface area contributed by atoms with E-state index in [4.69, 9.17) is 5.73 Å². The minimum atomic E-state index is 0.811. The number of hydrogen-bond acceptors (Lipinski definition) is 3. The summed E-state index contributed by atoms with van der Waals surface area (Å²) in [5, 5.41) is 0. The summed E-state index contributed by atoms with van der Waals surface area (Å²) in [4.78, 5) is 5.68. The van der Waals surface area contributed by atoms with Gasteiger partial charge >= 0.3 is 0 Å². The number of nitrogens with zero attached hydrogens (tertiary/aromatic N) is 2. The predicted octanol–water partition coefficient (Wildman–Crippen LogP) is 3.96. The molecule has 2 aromatic carbocycles. The van der Waals surface area contributed by atoms with Crippen molar-refractivity contribution in [3.05, 3.63) is 66.5 Å². The van der Waals surface area contributed by atoms with Crippen LogP contribution in [0.2, 0.25) is 0 Å². The van der Waals surface area contributed by atoms with Gasteiger partial charge in [0, 0.05) is 41.3 Å². The molecule has 0 bridgehead atoms. The van der Waals surface area contributed by atoms with E-state index in [0.717, 1.165) is 17.3 Å². The van der Waals surface area contributed by atoms with E-state index in [1.165, 1.54) is 16.0 Å². The predicted molar refractivity (Wildman–Crippen MR) is 89.1 cm³/mol. The van der Waals surface area contributed by atoms with E-state index in [-0.39, 0.29) is 0 Å². The molecule has 1 heterocycles. The number of benzene rings is 2. The molecule has 0 aliphatic rings. The minimum absolute atomic E-state index is 0.811. The fourth-order valence-corrected chi connectivity index (χ4v) is 3.24. The highest BCUT2D eigenvalue weighted by Crippen LogP contribution is 2.32. The number of hydrogen-bond donors (Lipinski definition) is 1. The lowest BCUT2D eigenvalue weighted by atomic mass is 10.2. The van der Waals surface area contributed by atoms with Crippen molar-refractivity contribution >= 4 is 17.4 Å². The number of thioether (sulfide) groups is 1. The van der Waals surface area contributed by atoms with E-state index < -0.39 is 0 Å². The molecule has 3 nitrogen and oxygen atoms in total. The van der Waals surface area contributed by atoms with Crippen LogP contribution in [-0.2, 0) is 12.8 Å². The van der Waals surface area contributed by atoms with Gasteiger partial charge < -0.3 is 10.3 Å². The number of aryl methyl sites for hydroxylation is 1. The fourth-order valence-electron chi connectivity index (χ4n) is 2.25. The lowest BCUT2D eigenvalue weighted by Gasteiger charge is -2.09. The summed E-state index contributed by atoms with van der Waals surface area (Å²) in [6.07, 6.45) is 3.79. The van der Waals surface area contributed by atoms with Crippen LogP contribution in [0.5, 0.6) is 0 Å². The molecule has 0 amide bonds. The molecular weight excluding hydrogens is 278 g/mol. The summed E-state index contributed by atoms with van der Waals surface area (Å²) in [6, 6.07) is 16.4. The van der Waals surface area contributed by atoms with Gasteiger partial charge in [0.15, 0.2) is 0 Å². The maximum atomic E-state index is 5.83. The highest BCUT2D eigenvalue weighted by atomic mass is 32.2. The first-order valence-electron chi connectivity index (χ1n) is 6.78. The van der Waals surface area contributed by atoms with Crippen LogP contribution in [0, 0.1) is 0 Å². The maximum absolute atomic E-state index is 5.83. The van der Waals surface area contributed by atoms with Crippen molar-refractivity contribution in [1.29, 1.82) is 0 Å². The third-order valence-corrected chi connectivity index (χ3v) is 4.44. The Labute approximate surface area is 128 Å². The van der Waals surface area contributed by atoms with Crippen LogP contribution in [0.1, 0.15) is 5.56 Å². The fraction of sp³-hybridized carbons (Fsp3) is 0.118. The normalized spacial score (nSPS) is 10.7. The van der Waals surface area contributed by atoms with E-state index in [2.05, 4.69) is 35.3 Å². The second-order valence-electron chi connectivity index (χ2n) is 4.89. The first kappa shape index (κ1) is 13.8. The Morgan fingerprint density at radius 1 is 1.14 bits per heavy atom. The molecule has 0 unspecified atom stereocenters. The summed E-state index contributed by atoms with van der Waals surface area (Å²) in [5.41, 5.74) is 9.04. The number of anilines is 1. The maximum Gasteiger partial charge on any atom is 0.140 e. The zero-order valence-electron chi connectivity index (χ0n) is 11.9. The third kappa shape index (κ3) is 3.11. The molecular formula is C17H17N3S.